The van der Waals surface area contributed by atoms with Gasteiger partial charge in [0.25, 0.3) is 11.8 Å². The van der Waals surface area contributed by atoms with Gasteiger partial charge in [0, 0.05) is 23.7 Å². The van der Waals surface area contributed by atoms with Crippen molar-refractivity contribution in [3.8, 4) is 0 Å². The zero-order chi connectivity index (χ0) is 17.6. The van der Waals surface area contributed by atoms with Gasteiger partial charge in [0.15, 0.2) is 0 Å². The number of ether oxygens (including phenoxy) is 1. The van der Waals surface area contributed by atoms with Crippen LogP contribution in [0.3, 0.4) is 0 Å². The SMILES string of the molecule is O=C(NCc1cccs1)c1cc(NC(=O)C2CNCCO2)ccc1Cl. The smallest absolute Gasteiger partial charge is 0.254 e. The van der Waals surface area contributed by atoms with Crippen LogP contribution in [0.25, 0.3) is 0 Å². The maximum atomic E-state index is 12.4. The lowest BCUT2D eigenvalue weighted by Gasteiger charge is -2.22. The van der Waals surface area contributed by atoms with E-state index in [1.54, 1.807) is 29.5 Å². The average molecular weight is 380 g/mol. The maximum absolute atomic E-state index is 12.4. The first-order valence-corrected chi connectivity index (χ1v) is 9.12. The number of amides is 2. The highest BCUT2D eigenvalue weighted by Crippen LogP contribution is 2.21. The van der Waals surface area contributed by atoms with Crippen LogP contribution in [0.4, 0.5) is 5.69 Å². The van der Waals surface area contributed by atoms with Gasteiger partial charge >= 0.3 is 0 Å². The maximum Gasteiger partial charge on any atom is 0.254 e. The third kappa shape index (κ3) is 4.79. The molecule has 132 valence electrons. The number of nitrogens with one attached hydrogen (secondary N) is 3. The van der Waals surface area contributed by atoms with E-state index in [1.807, 2.05) is 17.5 Å². The molecule has 0 saturated carbocycles. The number of benzene rings is 1. The van der Waals surface area contributed by atoms with E-state index >= 15 is 0 Å². The van der Waals surface area contributed by atoms with Gasteiger partial charge in [0.1, 0.15) is 6.10 Å². The Labute approximate surface area is 154 Å². The van der Waals surface area contributed by atoms with Crippen molar-refractivity contribution in [1.82, 2.24) is 10.6 Å². The topological polar surface area (TPSA) is 79.5 Å². The van der Waals surface area contributed by atoms with E-state index in [9.17, 15) is 9.59 Å². The zero-order valence-corrected chi connectivity index (χ0v) is 15.0. The Balaban J connectivity index is 1.64. The van der Waals surface area contributed by atoms with Crippen LogP contribution in [-0.4, -0.2) is 37.6 Å². The molecule has 0 spiro atoms. The molecule has 1 saturated heterocycles. The Hall–Kier alpha value is -1.93. The van der Waals surface area contributed by atoms with Gasteiger partial charge in [0.2, 0.25) is 0 Å². The molecule has 25 heavy (non-hydrogen) atoms. The van der Waals surface area contributed by atoms with Crippen LogP contribution in [0.5, 0.6) is 0 Å². The number of hydrogen-bond donors (Lipinski definition) is 3. The summed E-state index contributed by atoms with van der Waals surface area (Å²) in [5.41, 5.74) is 0.823. The molecule has 3 rings (SSSR count). The molecule has 2 aromatic rings. The molecule has 1 atom stereocenters. The van der Waals surface area contributed by atoms with Crippen molar-refractivity contribution >= 4 is 40.4 Å². The average Bonchev–Trinajstić information content (AvgIpc) is 3.15. The van der Waals surface area contributed by atoms with Crippen LogP contribution in [0.15, 0.2) is 35.7 Å². The molecule has 6 nitrogen and oxygen atoms in total. The lowest BCUT2D eigenvalue weighted by molar-refractivity contribution is -0.128. The van der Waals surface area contributed by atoms with Gasteiger partial charge in [-0.15, -0.1) is 11.3 Å². The van der Waals surface area contributed by atoms with Gasteiger partial charge in [-0.3, -0.25) is 9.59 Å². The molecule has 1 fully saturated rings. The van der Waals surface area contributed by atoms with Crippen LogP contribution >= 0.6 is 22.9 Å². The Morgan fingerprint density at radius 2 is 2.24 bits per heavy atom. The second kappa shape index (κ2) is 8.44. The molecular weight excluding hydrogens is 362 g/mol. The standard InChI is InChI=1S/C17H18ClN3O3S/c18-14-4-3-11(21-17(23)15-10-19-5-6-24-15)8-13(14)16(22)20-9-12-2-1-7-25-12/h1-4,7-8,15,19H,5-6,9-10H2,(H,20,22)(H,21,23). The number of morpholine rings is 1. The second-order valence-electron chi connectivity index (χ2n) is 5.51. The molecule has 0 radical (unpaired) electrons. The molecule has 3 N–H and O–H groups in total. The summed E-state index contributed by atoms with van der Waals surface area (Å²) in [7, 11) is 0. The molecule has 0 bridgehead atoms. The quantitative estimate of drug-likeness (QED) is 0.744. The summed E-state index contributed by atoms with van der Waals surface area (Å²) in [4.78, 5) is 25.6. The molecular formula is C17H18ClN3O3S. The number of thiophene rings is 1. The van der Waals surface area contributed by atoms with Crippen LogP contribution in [0.2, 0.25) is 5.02 Å². The first-order chi connectivity index (χ1) is 12.1. The lowest BCUT2D eigenvalue weighted by Crippen LogP contribution is -2.45. The summed E-state index contributed by atoms with van der Waals surface area (Å²) in [5, 5.41) is 11.0. The van der Waals surface area contributed by atoms with Gasteiger partial charge in [-0.1, -0.05) is 17.7 Å². The summed E-state index contributed by atoms with van der Waals surface area (Å²) in [6, 6.07) is 8.70. The van der Waals surface area contributed by atoms with E-state index < -0.39 is 6.10 Å². The summed E-state index contributed by atoms with van der Waals surface area (Å²) >= 11 is 7.70. The number of rotatable bonds is 5. The van der Waals surface area contributed by atoms with Crippen molar-refractivity contribution in [3.05, 3.63) is 51.2 Å². The summed E-state index contributed by atoms with van der Waals surface area (Å²) in [6.45, 7) is 2.13. The van der Waals surface area contributed by atoms with Crippen molar-refractivity contribution in [3.63, 3.8) is 0 Å². The van der Waals surface area contributed by atoms with Gasteiger partial charge in [-0.25, -0.2) is 0 Å². The molecule has 2 heterocycles. The van der Waals surface area contributed by atoms with Crippen LogP contribution in [0.1, 0.15) is 15.2 Å². The fourth-order valence-electron chi connectivity index (χ4n) is 2.41. The van der Waals surface area contributed by atoms with Crippen molar-refractivity contribution in [2.45, 2.75) is 12.6 Å². The molecule has 8 heteroatoms. The fraction of sp³-hybridized carbons (Fsp3) is 0.294. The van der Waals surface area contributed by atoms with E-state index in [2.05, 4.69) is 16.0 Å². The first kappa shape index (κ1) is 17.9. The monoisotopic (exact) mass is 379 g/mol. The van der Waals surface area contributed by atoms with Crippen LogP contribution in [0, 0.1) is 0 Å². The molecule has 0 aliphatic carbocycles. The third-order valence-electron chi connectivity index (χ3n) is 3.70. The molecule has 1 aliphatic heterocycles. The van der Waals surface area contributed by atoms with Crippen molar-refractivity contribution < 1.29 is 14.3 Å². The van der Waals surface area contributed by atoms with E-state index in [0.717, 1.165) is 11.4 Å². The number of anilines is 1. The molecule has 1 unspecified atom stereocenters. The van der Waals surface area contributed by atoms with Crippen molar-refractivity contribution in [1.29, 1.82) is 0 Å². The number of hydrogen-bond acceptors (Lipinski definition) is 5. The van der Waals surface area contributed by atoms with Gasteiger partial charge in [-0.05, 0) is 29.6 Å². The number of halogens is 1. The number of carbonyl (C=O) groups is 2. The van der Waals surface area contributed by atoms with Gasteiger partial charge in [-0.2, -0.15) is 0 Å². The zero-order valence-electron chi connectivity index (χ0n) is 13.4. The molecule has 1 aromatic heterocycles. The minimum absolute atomic E-state index is 0.250. The van der Waals surface area contributed by atoms with Crippen molar-refractivity contribution in [2.75, 3.05) is 25.0 Å². The highest BCUT2D eigenvalue weighted by Gasteiger charge is 2.22. The van der Waals surface area contributed by atoms with E-state index in [1.165, 1.54) is 0 Å². The van der Waals surface area contributed by atoms with Gasteiger partial charge in [0.05, 0.1) is 23.7 Å². The van der Waals surface area contributed by atoms with Crippen LogP contribution in [-0.2, 0) is 16.1 Å². The Kier molecular flexibility index (Phi) is 6.04. The van der Waals surface area contributed by atoms with E-state index in [0.29, 0.717) is 36.0 Å². The van der Waals surface area contributed by atoms with E-state index in [-0.39, 0.29) is 11.8 Å². The highest BCUT2D eigenvalue weighted by molar-refractivity contribution is 7.09. The van der Waals surface area contributed by atoms with Crippen molar-refractivity contribution in [2.24, 2.45) is 0 Å². The highest BCUT2D eigenvalue weighted by atomic mass is 35.5. The Bertz CT molecular complexity index is 746. The molecule has 1 aromatic carbocycles. The lowest BCUT2D eigenvalue weighted by atomic mass is 10.1. The van der Waals surface area contributed by atoms with E-state index in [4.69, 9.17) is 16.3 Å². The Morgan fingerprint density at radius 3 is 2.96 bits per heavy atom. The molecule has 2 amide bonds. The second-order valence-corrected chi connectivity index (χ2v) is 6.95. The third-order valence-corrected chi connectivity index (χ3v) is 4.91. The minimum atomic E-state index is -0.541. The minimum Gasteiger partial charge on any atom is -0.366 e. The largest absolute Gasteiger partial charge is 0.366 e. The summed E-state index contributed by atoms with van der Waals surface area (Å²) in [5.74, 6) is -0.537. The normalized spacial score (nSPS) is 17.1. The fourth-order valence-corrected chi connectivity index (χ4v) is 3.26. The van der Waals surface area contributed by atoms with Crippen LogP contribution < -0.4 is 16.0 Å². The van der Waals surface area contributed by atoms with Gasteiger partial charge < -0.3 is 20.7 Å². The predicted octanol–water partition coefficient (Wildman–Crippen LogP) is 2.26. The number of carbonyl (C=O) groups excluding carboxylic acids is 2. The Morgan fingerprint density at radius 1 is 1.36 bits per heavy atom. The first-order valence-electron chi connectivity index (χ1n) is 7.87. The predicted molar refractivity (Wildman–Crippen MR) is 98.2 cm³/mol. The summed E-state index contributed by atoms with van der Waals surface area (Å²) in [6.07, 6.45) is -0.541. The summed E-state index contributed by atoms with van der Waals surface area (Å²) < 4.78 is 5.41. The molecule has 1 aliphatic rings.